The quantitative estimate of drug-likeness (QED) is 0.685. The molecule has 0 spiro atoms. The number of hydrogen-bond acceptors (Lipinski definition) is 2. The van der Waals surface area contributed by atoms with Crippen molar-refractivity contribution in [1.29, 1.82) is 0 Å². The molecular weight excluding hydrogens is 150 g/mol. The van der Waals surface area contributed by atoms with E-state index in [0.717, 1.165) is 6.54 Å². The predicted molar refractivity (Wildman–Crippen MR) is 50.9 cm³/mol. The second-order valence-electron chi connectivity index (χ2n) is 4.18. The highest BCUT2D eigenvalue weighted by Gasteiger charge is 2.27. The van der Waals surface area contributed by atoms with Crippen molar-refractivity contribution in [3.05, 3.63) is 0 Å². The van der Waals surface area contributed by atoms with Crippen LogP contribution >= 0.6 is 0 Å². The van der Waals surface area contributed by atoms with Crippen LogP contribution < -0.4 is 0 Å². The van der Waals surface area contributed by atoms with Crippen LogP contribution in [0.5, 0.6) is 0 Å². The fraction of sp³-hybridized carbons (Fsp3) is 1.00. The Kier molecular flexibility index (Phi) is 3.53. The largest absolute Gasteiger partial charge is 0.379 e. The smallest absolute Gasteiger partial charge is 0.104 e. The van der Waals surface area contributed by atoms with Crippen molar-refractivity contribution in [3.63, 3.8) is 0 Å². The molecule has 0 aromatic rings. The topological polar surface area (TPSA) is 23.5 Å². The average Bonchev–Trinajstić information content (AvgIpc) is 2.04. The van der Waals surface area contributed by atoms with Crippen molar-refractivity contribution in [2.75, 3.05) is 6.54 Å². The first-order chi connectivity index (χ1) is 5.63. The predicted octanol–water partition coefficient (Wildman–Crippen LogP) is 1.84. The maximum atomic E-state index is 9.52. The molecule has 1 aliphatic heterocycles. The Morgan fingerprint density at radius 1 is 1.25 bits per heavy atom. The summed E-state index contributed by atoms with van der Waals surface area (Å²) in [5.74, 6) is 0.667. The Labute approximate surface area is 75.6 Å². The monoisotopic (exact) mass is 171 g/mol. The molecule has 0 aliphatic carbocycles. The summed E-state index contributed by atoms with van der Waals surface area (Å²) in [4.78, 5) is 2.23. The van der Waals surface area contributed by atoms with Gasteiger partial charge in [-0.3, -0.25) is 4.90 Å². The maximum Gasteiger partial charge on any atom is 0.104 e. The Balaban J connectivity index is 2.54. The fourth-order valence-corrected chi connectivity index (χ4v) is 2.16. The van der Waals surface area contributed by atoms with E-state index in [-0.39, 0.29) is 6.23 Å². The SMILES string of the molecule is CC(C)C1CCCCN1C(C)O. The molecule has 1 saturated heterocycles. The number of aliphatic hydroxyl groups excluding tert-OH is 1. The van der Waals surface area contributed by atoms with Crippen LogP contribution in [0.1, 0.15) is 40.0 Å². The van der Waals surface area contributed by atoms with Gasteiger partial charge in [-0.2, -0.15) is 0 Å². The Bertz CT molecular complexity index is 118. The third-order valence-electron chi connectivity index (χ3n) is 2.84. The van der Waals surface area contributed by atoms with Gasteiger partial charge in [-0.05, 0) is 25.7 Å². The van der Waals surface area contributed by atoms with E-state index >= 15 is 0 Å². The van der Waals surface area contributed by atoms with Crippen LogP contribution in [0.3, 0.4) is 0 Å². The van der Waals surface area contributed by atoms with Crippen LogP contribution in [0.2, 0.25) is 0 Å². The lowest BCUT2D eigenvalue weighted by atomic mass is 9.93. The average molecular weight is 171 g/mol. The first-order valence-corrected chi connectivity index (χ1v) is 5.06. The first-order valence-electron chi connectivity index (χ1n) is 5.06. The summed E-state index contributed by atoms with van der Waals surface area (Å²) in [6, 6.07) is 0.596. The number of rotatable bonds is 2. The molecule has 2 atom stereocenters. The molecule has 1 N–H and O–H groups in total. The van der Waals surface area contributed by atoms with Gasteiger partial charge >= 0.3 is 0 Å². The van der Waals surface area contributed by atoms with Crippen molar-refractivity contribution in [2.24, 2.45) is 5.92 Å². The van der Waals surface area contributed by atoms with Crippen molar-refractivity contribution in [2.45, 2.75) is 52.3 Å². The highest BCUT2D eigenvalue weighted by Crippen LogP contribution is 2.24. The molecular formula is C10H21NO. The lowest BCUT2D eigenvalue weighted by Gasteiger charge is -2.39. The Morgan fingerprint density at radius 3 is 2.33 bits per heavy atom. The summed E-state index contributed by atoms with van der Waals surface area (Å²) >= 11 is 0. The van der Waals surface area contributed by atoms with Crippen molar-refractivity contribution in [1.82, 2.24) is 4.90 Å². The molecule has 1 heterocycles. The standard InChI is InChI=1S/C10H21NO/c1-8(2)10-6-4-5-7-11(10)9(3)12/h8-10,12H,4-7H2,1-3H3. The van der Waals surface area contributed by atoms with Gasteiger partial charge in [0, 0.05) is 12.6 Å². The Morgan fingerprint density at radius 2 is 1.92 bits per heavy atom. The van der Waals surface area contributed by atoms with Gasteiger partial charge < -0.3 is 5.11 Å². The van der Waals surface area contributed by atoms with Crippen LogP contribution in [0.25, 0.3) is 0 Å². The molecule has 0 aromatic heterocycles. The molecule has 1 fully saturated rings. The third-order valence-corrected chi connectivity index (χ3v) is 2.84. The highest BCUT2D eigenvalue weighted by atomic mass is 16.3. The minimum absolute atomic E-state index is 0.266. The molecule has 0 radical (unpaired) electrons. The number of hydrogen-bond donors (Lipinski definition) is 1. The van der Waals surface area contributed by atoms with Gasteiger partial charge in [0.25, 0.3) is 0 Å². The molecule has 0 bridgehead atoms. The zero-order valence-electron chi connectivity index (χ0n) is 8.45. The second kappa shape index (κ2) is 4.24. The molecule has 2 nitrogen and oxygen atoms in total. The van der Waals surface area contributed by atoms with Crippen LogP contribution in [-0.4, -0.2) is 28.8 Å². The molecule has 72 valence electrons. The number of likely N-dealkylation sites (tertiary alicyclic amines) is 1. The normalized spacial score (nSPS) is 29.2. The van der Waals surface area contributed by atoms with Crippen molar-refractivity contribution >= 4 is 0 Å². The van der Waals surface area contributed by atoms with E-state index in [1.165, 1.54) is 19.3 Å². The summed E-state index contributed by atoms with van der Waals surface area (Å²) in [5.41, 5.74) is 0. The van der Waals surface area contributed by atoms with Gasteiger partial charge in [0.05, 0.1) is 0 Å². The number of nitrogens with zero attached hydrogens (tertiary/aromatic N) is 1. The van der Waals surface area contributed by atoms with E-state index in [9.17, 15) is 5.11 Å². The minimum Gasteiger partial charge on any atom is -0.379 e. The van der Waals surface area contributed by atoms with E-state index in [1.807, 2.05) is 6.92 Å². The van der Waals surface area contributed by atoms with E-state index < -0.39 is 0 Å². The molecule has 0 saturated carbocycles. The van der Waals surface area contributed by atoms with Gasteiger partial charge in [-0.15, -0.1) is 0 Å². The highest BCUT2D eigenvalue weighted by molar-refractivity contribution is 4.79. The zero-order valence-corrected chi connectivity index (χ0v) is 8.45. The van der Waals surface area contributed by atoms with Crippen LogP contribution in [0, 0.1) is 5.92 Å². The minimum atomic E-state index is -0.266. The number of piperidine rings is 1. The van der Waals surface area contributed by atoms with Gasteiger partial charge in [0.2, 0.25) is 0 Å². The van der Waals surface area contributed by atoms with Gasteiger partial charge in [-0.25, -0.2) is 0 Å². The zero-order chi connectivity index (χ0) is 9.14. The number of aliphatic hydroxyl groups is 1. The van der Waals surface area contributed by atoms with E-state index in [1.54, 1.807) is 0 Å². The van der Waals surface area contributed by atoms with Gasteiger partial charge in [0.15, 0.2) is 0 Å². The van der Waals surface area contributed by atoms with Crippen LogP contribution in [0.4, 0.5) is 0 Å². The summed E-state index contributed by atoms with van der Waals surface area (Å²) in [6.45, 7) is 7.43. The lowest BCUT2D eigenvalue weighted by molar-refractivity contribution is -0.0414. The van der Waals surface area contributed by atoms with Crippen LogP contribution in [0.15, 0.2) is 0 Å². The Hall–Kier alpha value is -0.0800. The van der Waals surface area contributed by atoms with E-state index in [4.69, 9.17) is 0 Å². The van der Waals surface area contributed by atoms with Crippen molar-refractivity contribution < 1.29 is 5.11 Å². The van der Waals surface area contributed by atoms with Gasteiger partial charge in [-0.1, -0.05) is 20.3 Å². The fourth-order valence-electron chi connectivity index (χ4n) is 2.16. The van der Waals surface area contributed by atoms with Crippen molar-refractivity contribution in [3.8, 4) is 0 Å². The molecule has 0 amide bonds. The summed E-state index contributed by atoms with van der Waals surface area (Å²) in [7, 11) is 0. The summed E-state index contributed by atoms with van der Waals surface area (Å²) in [6.07, 6.45) is 3.56. The summed E-state index contributed by atoms with van der Waals surface area (Å²) < 4.78 is 0. The molecule has 12 heavy (non-hydrogen) atoms. The molecule has 0 aromatic carbocycles. The second-order valence-corrected chi connectivity index (χ2v) is 4.18. The van der Waals surface area contributed by atoms with E-state index in [2.05, 4.69) is 18.7 Å². The first kappa shape index (κ1) is 10.0. The third kappa shape index (κ3) is 2.20. The molecule has 1 rings (SSSR count). The maximum absolute atomic E-state index is 9.52. The molecule has 2 heteroatoms. The lowest BCUT2D eigenvalue weighted by Crippen LogP contribution is -2.47. The summed E-state index contributed by atoms with van der Waals surface area (Å²) in [5, 5.41) is 9.52. The van der Waals surface area contributed by atoms with E-state index in [0.29, 0.717) is 12.0 Å². The molecule has 1 aliphatic rings. The van der Waals surface area contributed by atoms with Gasteiger partial charge in [0.1, 0.15) is 6.23 Å². The molecule has 2 unspecified atom stereocenters. The van der Waals surface area contributed by atoms with Crippen LogP contribution in [-0.2, 0) is 0 Å².